The zero-order chi connectivity index (χ0) is 14.6. The average Bonchev–Trinajstić information content (AvgIpc) is 2.25. The van der Waals surface area contributed by atoms with Crippen molar-refractivity contribution >= 4 is 29.3 Å². The summed E-state index contributed by atoms with van der Waals surface area (Å²) < 4.78 is 0. The SMILES string of the molecule is CC(C)(C)CNC(=O)Nc1cc(Cl)ccc1C(=O)O. The van der Waals surface area contributed by atoms with E-state index in [1.54, 1.807) is 0 Å². The third-order valence-electron chi connectivity index (χ3n) is 2.24. The molecule has 1 aromatic carbocycles. The van der Waals surface area contributed by atoms with Gasteiger partial charge >= 0.3 is 12.0 Å². The van der Waals surface area contributed by atoms with Gasteiger partial charge in [0.05, 0.1) is 11.3 Å². The van der Waals surface area contributed by atoms with E-state index in [9.17, 15) is 9.59 Å². The Labute approximate surface area is 117 Å². The molecule has 6 heteroatoms. The monoisotopic (exact) mass is 284 g/mol. The smallest absolute Gasteiger partial charge is 0.337 e. The fourth-order valence-electron chi connectivity index (χ4n) is 1.32. The van der Waals surface area contributed by atoms with Gasteiger partial charge < -0.3 is 15.7 Å². The molecular weight excluding hydrogens is 268 g/mol. The lowest BCUT2D eigenvalue weighted by atomic mass is 9.97. The van der Waals surface area contributed by atoms with E-state index in [0.29, 0.717) is 11.6 Å². The second-order valence-electron chi connectivity index (χ2n) is 5.36. The Balaban J connectivity index is 2.78. The van der Waals surface area contributed by atoms with Crippen LogP contribution in [-0.4, -0.2) is 23.7 Å². The van der Waals surface area contributed by atoms with Gasteiger partial charge in [-0.05, 0) is 23.6 Å². The quantitative estimate of drug-likeness (QED) is 0.797. The summed E-state index contributed by atoms with van der Waals surface area (Å²) in [6.45, 7) is 6.42. The van der Waals surface area contributed by atoms with Crippen LogP contribution in [0.3, 0.4) is 0 Å². The van der Waals surface area contributed by atoms with Crippen molar-refractivity contribution in [3.8, 4) is 0 Å². The van der Waals surface area contributed by atoms with Crippen LogP contribution >= 0.6 is 11.6 Å². The molecule has 0 atom stereocenters. The third-order valence-corrected chi connectivity index (χ3v) is 2.47. The molecule has 0 heterocycles. The topological polar surface area (TPSA) is 78.4 Å². The number of carbonyl (C=O) groups is 2. The summed E-state index contributed by atoms with van der Waals surface area (Å²) in [7, 11) is 0. The molecule has 5 nitrogen and oxygen atoms in total. The number of nitrogens with one attached hydrogen (secondary N) is 2. The van der Waals surface area contributed by atoms with E-state index in [2.05, 4.69) is 10.6 Å². The van der Waals surface area contributed by atoms with E-state index in [-0.39, 0.29) is 16.7 Å². The molecule has 0 saturated carbocycles. The maximum Gasteiger partial charge on any atom is 0.337 e. The maximum atomic E-state index is 11.7. The minimum atomic E-state index is -1.12. The number of carbonyl (C=O) groups excluding carboxylic acids is 1. The highest BCUT2D eigenvalue weighted by Gasteiger charge is 2.15. The number of urea groups is 1. The van der Waals surface area contributed by atoms with Gasteiger partial charge in [0, 0.05) is 11.6 Å². The summed E-state index contributed by atoms with van der Waals surface area (Å²) >= 11 is 5.79. The molecule has 0 fully saturated rings. The third kappa shape index (κ3) is 5.18. The molecule has 0 aromatic heterocycles. The predicted molar refractivity (Wildman–Crippen MR) is 74.9 cm³/mol. The molecule has 3 N–H and O–H groups in total. The Bertz CT molecular complexity index is 495. The Morgan fingerprint density at radius 1 is 1.32 bits per heavy atom. The Kier molecular flexibility index (Phi) is 4.78. The molecular formula is C13H17ClN2O3. The summed E-state index contributed by atoms with van der Waals surface area (Å²) in [6.07, 6.45) is 0. The standard InChI is InChI=1S/C13H17ClN2O3/c1-13(2,3)7-15-12(19)16-10-6-8(14)4-5-9(10)11(17)18/h4-6H,7H2,1-3H3,(H,17,18)(H2,15,16,19). The Morgan fingerprint density at radius 2 is 1.95 bits per heavy atom. The predicted octanol–water partition coefficient (Wildman–Crippen LogP) is 3.21. The Hall–Kier alpha value is -1.75. The molecule has 0 saturated heterocycles. The van der Waals surface area contributed by atoms with Gasteiger partial charge in [-0.3, -0.25) is 0 Å². The number of amides is 2. The zero-order valence-corrected chi connectivity index (χ0v) is 11.8. The lowest BCUT2D eigenvalue weighted by Crippen LogP contribution is -2.35. The molecule has 0 unspecified atom stereocenters. The van der Waals surface area contributed by atoms with Crippen molar-refractivity contribution in [2.75, 3.05) is 11.9 Å². The van der Waals surface area contributed by atoms with E-state index in [1.807, 2.05) is 20.8 Å². The first-order valence-electron chi connectivity index (χ1n) is 5.77. The van der Waals surface area contributed by atoms with Crippen molar-refractivity contribution in [1.29, 1.82) is 0 Å². The molecule has 1 aromatic rings. The van der Waals surface area contributed by atoms with Gasteiger partial charge in [-0.15, -0.1) is 0 Å². The summed E-state index contributed by atoms with van der Waals surface area (Å²) in [6, 6.07) is 3.76. The van der Waals surface area contributed by atoms with Gasteiger partial charge in [0.15, 0.2) is 0 Å². The van der Waals surface area contributed by atoms with E-state index in [0.717, 1.165) is 0 Å². The van der Waals surface area contributed by atoms with Gasteiger partial charge in [-0.25, -0.2) is 9.59 Å². The van der Waals surface area contributed by atoms with Crippen LogP contribution in [0.1, 0.15) is 31.1 Å². The van der Waals surface area contributed by atoms with Gasteiger partial charge in [-0.1, -0.05) is 32.4 Å². The van der Waals surface area contributed by atoms with Gasteiger partial charge in [0.2, 0.25) is 0 Å². The van der Waals surface area contributed by atoms with Gasteiger partial charge in [0.25, 0.3) is 0 Å². The lowest BCUT2D eigenvalue weighted by molar-refractivity contribution is 0.0698. The number of carboxylic acids is 1. The number of anilines is 1. The molecule has 0 aliphatic heterocycles. The number of hydrogen-bond acceptors (Lipinski definition) is 2. The highest BCUT2D eigenvalue weighted by atomic mass is 35.5. The maximum absolute atomic E-state index is 11.7. The number of carboxylic acid groups (broad SMARTS) is 1. The molecule has 0 spiro atoms. The van der Waals surface area contributed by atoms with Crippen LogP contribution in [0.5, 0.6) is 0 Å². The molecule has 0 aliphatic rings. The van der Waals surface area contributed by atoms with Crippen molar-refractivity contribution in [1.82, 2.24) is 5.32 Å². The van der Waals surface area contributed by atoms with Crippen molar-refractivity contribution in [3.63, 3.8) is 0 Å². The van der Waals surface area contributed by atoms with Crippen LogP contribution in [0.15, 0.2) is 18.2 Å². The van der Waals surface area contributed by atoms with E-state index < -0.39 is 12.0 Å². The van der Waals surface area contributed by atoms with Crippen LogP contribution < -0.4 is 10.6 Å². The van der Waals surface area contributed by atoms with Gasteiger partial charge in [0.1, 0.15) is 0 Å². The minimum absolute atomic E-state index is 0.00434. The van der Waals surface area contributed by atoms with Crippen LogP contribution in [0.25, 0.3) is 0 Å². The number of halogens is 1. The Morgan fingerprint density at radius 3 is 2.47 bits per heavy atom. The summed E-state index contributed by atoms with van der Waals surface area (Å²) in [5, 5.41) is 14.5. The highest BCUT2D eigenvalue weighted by molar-refractivity contribution is 6.31. The normalized spacial score (nSPS) is 10.9. The van der Waals surface area contributed by atoms with Crippen molar-refractivity contribution in [2.24, 2.45) is 5.41 Å². The van der Waals surface area contributed by atoms with E-state index >= 15 is 0 Å². The minimum Gasteiger partial charge on any atom is -0.478 e. The largest absolute Gasteiger partial charge is 0.478 e. The van der Waals surface area contributed by atoms with Crippen LogP contribution in [0, 0.1) is 5.41 Å². The van der Waals surface area contributed by atoms with Crippen molar-refractivity contribution < 1.29 is 14.7 Å². The van der Waals surface area contributed by atoms with E-state index in [1.165, 1.54) is 18.2 Å². The fraction of sp³-hybridized carbons (Fsp3) is 0.385. The van der Waals surface area contributed by atoms with Gasteiger partial charge in [-0.2, -0.15) is 0 Å². The summed E-state index contributed by atoms with van der Waals surface area (Å²) in [4.78, 5) is 22.7. The molecule has 19 heavy (non-hydrogen) atoms. The molecule has 0 aliphatic carbocycles. The zero-order valence-electron chi connectivity index (χ0n) is 11.1. The molecule has 1 rings (SSSR count). The molecule has 2 amide bonds. The van der Waals surface area contributed by atoms with Crippen molar-refractivity contribution in [2.45, 2.75) is 20.8 Å². The number of hydrogen-bond donors (Lipinski definition) is 3. The second-order valence-corrected chi connectivity index (χ2v) is 5.80. The first-order chi connectivity index (χ1) is 8.69. The summed E-state index contributed by atoms with van der Waals surface area (Å²) in [5.41, 5.74) is 0.114. The number of benzene rings is 1. The number of aromatic carboxylic acids is 1. The van der Waals surface area contributed by atoms with E-state index in [4.69, 9.17) is 16.7 Å². The molecule has 0 bridgehead atoms. The summed E-state index contributed by atoms with van der Waals surface area (Å²) in [5.74, 6) is -1.12. The van der Waals surface area contributed by atoms with Crippen LogP contribution in [0.2, 0.25) is 5.02 Å². The average molecular weight is 285 g/mol. The second kappa shape index (κ2) is 5.93. The van der Waals surface area contributed by atoms with Crippen LogP contribution in [0.4, 0.5) is 10.5 Å². The molecule has 0 radical (unpaired) electrons. The van der Waals surface area contributed by atoms with Crippen molar-refractivity contribution in [3.05, 3.63) is 28.8 Å². The molecule has 104 valence electrons. The lowest BCUT2D eigenvalue weighted by Gasteiger charge is -2.19. The fourth-order valence-corrected chi connectivity index (χ4v) is 1.49. The number of rotatable bonds is 3. The van der Waals surface area contributed by atoms with Crippen LogP contribution in [-0.2, 0) is 0 Å². The first-order valence-corrected chi connectivity index (χ1v) is 6.14. The first kappa shape index (κ1) is 15.3. The highest BCUT2D eigenvalue weighted by Crippen LogP contribution is 2.21.